The molecule has 0 rings (SSSR count). The van der Waals surface area contributed by atoms with Crippen molar-refractivity contribution in [1.29, 1.82) is 0 Å². The van der Waals surface area contributed by atoms with Crippen LogP contribution in [0.2, 0.25) is 0 Å². The average molecular weight is 195 g/mol. The molecule has 1 N–H and O–H groups in total. The van der Waals surface area contributed by atoms with Crippen LogP contribution < -0.4 is 0 Å². The molecule has 0 aromatic carbocycles. The lowest BCUT2D eigenvalue weighted by molar-refractivity contribution is 0.259. The predicted molar refractivity (Wildman–Crippen MR) is 43.9 cm³/mol. The van der Waals surface area contributed by atoms with Gasteiger partial charge in [-0.15, -0.1) is 0 Å². The first-order chi connectivity index (χ1) is 4.16. The van der Waals surface area contributed by atoms with Crippen LogP contribution >= 0.6 is 15.9 Å². The fourth-order valence-electron chi connectivity index (χ4n) is 0.893. The molecule has 0 aromatic heterocycles. The molecule has 2 atom stereocenters. The van der Waals surface area contributed by atoms with Crippen LogP contribution in [0.3, 0.4) is 0 Å². The molecule has 0 amide bonds. The molecule has 0 aromatic rings. The van der Waals surface area contributed by atoms with Gasteiger partial charge >= 0.3 is 0 Å². The van der Waals surface area contributed by atoms with E-state index >= 15 is 0 Å². The maximum atomic E-state index is 8.53. The molecular weight excluding hydrogens is 180 g/mol. The number of aliphatic hydroxyl groups is 1. The first-order valence-electron chi connectivity index (χ1n) is 3.41. The summed E-state index contributed by atoms with van der Waals surface area (Å²) >= 11 is 3.46. The lowest BCUT2D eigenvalue weighted by atomic mass is 10.0. The smallest absolute Gasteiger partial charge is 0.0433 e. The van der Waals surface area contributed by atoms with Crippen molar-refractivity contribution in [2.24, 2.45) is 5.92 Å². The van der Waals surface area contributed by atoms with E-state index in [9.17, 15) is 0 Å². The lowest BCUT2D eigenvalue weighted by Gasteiger charge is -2.09. The van der Waals surface area contributed by atoms with Gasteiger partial charge in [0.2, 0.25) is 0 Å². The molecule has 2 unspecified atom stereocenters. The highest BCUT2D eigenvalue weighted by atomic mass is 79.9. The highest BCUT2D eigenvalue weighted by Gasteiger charge is 2.03. The molecule has 0 radical (unpaired) electrons. The van der Waals surface area contributed by atoms with Gasteiger partial charge in [-0.1, -0.05) is 29.8 Å². The third-order valence-electron chi connectivity index (χ3n) is 1.35. The van der Waals surface area contributed by atoms with Gasteiger partial charge in [0, 0.05) is 11.4 Å². The Morgan fingerprint density at radius 3 is 2.33 bits per heavy atom. The number of rotatable bonds is 4. The number of alkyl halides is 1. The Bertz CT molecular complexity index is 63.9. The first-order valence-corrected chi connectivity index (χ1v) is 4.33. The molecule has 9 heavy (non-hydrogen) atoms. The second kappa shape index (κ2) is 5.24. The minimum Gasteiger partial charge on any atom is -0.396 e. The molecule has 56 valence electrons. The van der Waals surface area contributed by atoms with Gasteiger partial charge in [0.1, 0.15) is 0 Å². The van der Waals surface area contributed by atoms with Crippen molar-refractivity contribution >= 4 is 15.9 Å². The number of halogens is 1. The van der Waals surface area contributed by atoms with Crippen molar-refractivity contribution in [3.05, 3.63) is 0 Å². The van der Waals surface area contributed by atoms with E-state index in [1.54, 1.807) is 0 Å². The van der Waals surface area contributed by atoms with E-state index < -0.39 is 0 Å². The van der Waals surface area contributed by atoms with E-state index in [0.717, 1.165) is 12.8 Å². The van der Waals surface area contributed by atoms with Gasteiger partial charge in [0.15, 0.2) is 0 Å². The molecule has 0 fully saturated rings. The van der Waals surface area contributed by atoms with Gasteiger partial charge in [-0.05, 0) is 18.8 Å². The van der Waals surface area contributed by atoms with E-state index in [4.69, 9.17) is 5.11 Å². The second-order valence-electron chi connectivity index (χ2n) is 2.63. The Hall–Kier alpha value is 0.440. The highest BCUT2D eigenvalue weighted by Crippen LogP contribution is 2.14. The summed E-state index contributed by atoms with van der Waals surface area (Å²) in [5.74, 6) is 0.643. The third-order valence-corrected chi connectivity index (χ3v) is 1.72. The summed E-state index contributed by atoms with van der Waals surface area (Å²) in [5, 5.41) is 8.53. The molecule has 0 aliphatic rings. The summed E-state index contributed by atoms with van der Waals surface area (Å²) in [6.07, 6.45) is 2.08. The Labute approximate surface area is 65.6 Å². The standard InChI is InChI=1S/C7H15BrO/c1-6(3-4-9)5-7(2)8/h6-7,9H,3-5H2,1-2H3. The average Bonchev–Trinajstić information content (AvgIpc) is 1.63. The fourth-order valence-corrected chi connectivity index (χ4v) is 1.53. The van der Waals surface area contributed by atoms with Crippen LogP contribution in [0, 0.1) is 5.92 Å². The van der Waals surface area contributed by atoms with Crippen LogP contribution in [0.25, 0.3) is 0 Å². The predicted octanol–water partition coefficient (Wildman–Crippen LogP) is 2.18. The van der Waals surface area contributed by atoms with E-state index in [-0.39, 0.29) is 0 Å². The summed E-state index contributed by atoms with van der Waals surface area (Å²) in [6.45, 7) is 4.61. The Kier molecular flexibility index (Phi) is 5.50. The van der Waals surface area contributed by atoms with Crippen molar-refractivity contribution in [1.82, 2.24) is 0 Å². The van der Waals surface area contributed by atoms with Crippen LogP contribution in [0.15, 0.2) is 0 Å². The maximum Gasteiger partial charge on any atom is 0.0433 e. The van der Waals surface area contributed by atoms with E-state index in [1.165, 1.54) is 0 Å². The maximum absolute atomic E-state index is 8.53. The first kappa shape index (κ1) is 9.44. The topological polar surface area (TPSA) is 20.2 Å². The number of hydrogen-bond donors (Lipinski definition) is 1. The third kappa shape index (κ3) is 6.32. The molecular formula is C7H15BrO. The molecule has 0 aliphatic carbocycles. The van der Waals surface area contributed by atoms with Gasteiger partial charge in [-0.2, -0.15) is 0 Å². The zero-order valence-electron chi connectivity index (χ0n) is 6.10. The van der Waals surface area contributed by atoms with Gasteiger partial charge in [0.05, 0.1) is 0 Å². The number of hydrogen-bond acceptors (Lipinski definition) is 1. The van der Waals surface area contributed by atoms with E-state index in [2.05, 4.69) is 29.8 Å². The van der Waals surface area contributed by atoms with E-state index in [1.807, 2.05) is 0 Å². The van der Waals surface area contributed by atoms with Crippen molar-refractivity contribution in [3.8, 4) is 0 Å². The SMILES string of the molecule is CC(Br)CC(C)CCO. The van der Waals surface area contributed by atoms with Crippen LogP contribution in [-0.4, -0.2) is 16.5 Å². The molecule has 0 saturated carbocycles. The van der Waals surface area contributed by atoms with Crippen molar-refractivity contribution in [2.75, 3.05) is 6.61 Å². The molecule has 1 nitrogen and oxygen atoms in total. The van der Waals surface area contributed by atoms with Crippen LogP contribution in [-0.2, 0) is 0 Å². The highest BCUT2D eigenvalue weighted by molar-refractivity contribution is 9.09. The Morgan fingerprint density at radius 2 is 2.00 bits per heavy atom. The zero-order chi connectivity index (χ0) is 7.28. The largest absolute Gasteiger partial charge is 0.396 e. The fraction of sp³-hybridized carbons (Fsp3) is 1.00. The minimum atomic E-state index is 0.320. The van der Waals surface area contributed by atoms with Crippen LogP contribution in [0.5, 0.6) is 0 Å². The molecule has 0 spiro atoms. The van der Waals surface area contributed by atoms with Gasteiger partial charge in [-0.3, -0.25) is 0 Å². The molecule has 0 heterocycles. The van der Waals surface area contributed by atoms with Crippen molar-refractivity contribution in [3.63, 3.8) is 0 Å². The summed E-state index contributed by atoms with van der Waals surface area (Å²) in [7, 11) is 0. The van der Waals surface area contributed by atoms with Gasteiger partial charge in [0.25, 0.3) is 0 Å². The lowest BCUT2D eigenvalue weighted by Crippen LogP contribution is -2.03. The summed E-state index contributed by atoms with van der Waals surface area (Å²) < 4.78 is 0. The van der Waals surface area contributed by atoms with Crippen LogP contribution in [0.4, 0.5) is 0 Å². The molecule has 0 saturated heterocycles. The summed E-state index contributed by atoms with van der Waals surface area (Å²) in [4.78, 5) is 0.582. The summed E-state index contributed by atoms with van der Waals surface area (Å²) in [5.41, 5.74) is 0. The molecule has 0 bridgehead atoms. The van der Waals surface area contributed by atoms with E-state index in [0.29, 0.717) is 17.4 Å². The van der Waals surface area contributed by atoms with Crippen molar-refractivity contribution < 1.29 is 5.11 Å². The zero-order valence-corrected chi connectivity index (χ0v) is 7.69. The number of aliphatic hydroxyl groups excluding tert-OH is 1. The van der Waals surface area contributed by atoms with Crippen molar-refractivity contribution in [2.45, 2.75) is 31.5 Å². The minimum absolute atomic E-state index is 0.320. The summed E-state index contributed by atoms with van der Waals surface area (Å²) in [6, 6.07) is 0. The van der Waals surface area contributed by atoms with Gasteiger partial charge < -0.3 is 5.11 Å². The molecule has 2 heteroatoms. The molecule has 0 aliphatic heterocycles. The van der Waals surface area contributed by atoms with Gasteiger partial charge in [-0.25, -0.2) is 0 Å². The quantitative estimate of drug-likeness (QED) is 0.681. The second-order valence-corrected chi connectivity index (χ2v) is 4.20. The Morgan fingerprint density at radius 1 is 1.44 bits per heavy atom. The Balaban J connectivity index is 3.15. The monoisotopic (exact) mass is 194 g/mol. The normalized spacial score (nSPS) is 17.3. The van der Waals surface area contributed by atoms with Crippen LogP contribution in [0.1, 0.15) is 26.7 Å².